The van der Waals surface area contributed by atoms with E-state index in [1.807, 2.05) is 32.0 Å². The van der Waals surface area contributed by atoms with Gasteiger partial charge in [0.15, 0.2) is 0 Å². The van der Waals surface area contributed by atoms with Gasteiger partial charge in [-0.1, -0.05) is 12.1 Å². The fourth-order valence-corrected chi connectivity index (χ4v) is 2.75. The van der Waals surface area contributed by atoms with Crippen molar-refractivity contribution in [1.29, 1.82) is 0 Å². The third-order valence-corrected chi connectivity index (χ3v) is 4.19. The standard InChI is InChI=1S/C18H23N3O3/c1-12-5-6-14(9-19-18(22)16-10-20-21-13(16)2)17(8-12)24-11-15-4-3-7-23-15/h5-6,8,10,15H,3-4,7,9,11H2,1-2H3,(H,19,22)(H,20,21). The molecule has 0 radical (unpaired) electrons. The van der Waals surface area contributed by atoms with Gasteiger partial charge in [-0.05, 0) is 38.3 Å². The summed E-state index contributed by atoms with van der Waals surface area (Å²) < 4.78 is 11.6. The Bertz CT molecular complexity index is 705. The van der Waals surface area contributed by atoms with Crippen LogP contribution in [0.4, 0.5) is 0 Å². The molecule has 1 fully saturated rings. The first-order chi connectivity index (χ1) is 11.6. The molecule has 0 spiro atoms. The number of carbonyl (C=O) groups is 1. The Kier molecular flexibility index (Phi) is 5.15. The Labute approximate surface area is 141 Å². The van der Waals surface area contributed by atoms with E-state index in [1.54, 1.807) is 0 Å². The zero-order valence-electron chi connectivity index (χ0n) is 14.1. The summed E-state index contributed by atoms with van der Waals surface area (Å²) in [4.78, 5) is 12.2. The monoisotopic (exact) mass is 329 g/mol. The van der Waals surface area contributed by atoms with Crippen LogP contribution >= 0.6 is 0 Å². The molecule has 0 saturated carbocycles. The molecule has 1 aromatic carbocycles. The van der Waals surface area contributed by atoms with E-state index in [4.69, 9.17) is 9.47 Å². The number of rotatable bonds is 6. The first-order valence-corrected chi connectivity index (χ1v) is 8.25. The second-order valence-electron chi connectivity index (χ2n) is 6.15. The molecule has 0 bridgehead atoms. The minimum Gasteiger partial charge on any atom is -0.491 e. The van der Waals surface area contributed by atoms with Gasteiger partial charge in [0.2, 0.25) is 0 Å². The van der Waals surface area contributed by atoms with Crippen LogP contribution in [0.1, 0.15) is 40.0 Å². The number of benzene rings is 1. The molecule has 2 heterocycles. The summed E-state index contributed by atoms with van der Waals surface area (Å²) in [7, 11) is 0. The molecule has 6 nitrogen and oxygen atoms in total. The van der Waals surface area contributed by atoms with Crippen molar-refractivity contribution in [3.05, 3.63) is 46.8 Å². The van der Waals surface area contributed by atoms with Crippen LogP contribution in [0.25, 0.3) is 0 Å². The first kappa shape index (κ1) is 16.5. The smallest absolute Gasteiger partial charge is 0.255 e. The van der Waals surface area contributed by atoms with Gasteiger partial charge in [0.25, 0.3) is 5.91 Å². The molecule has 128 valence electrons. The molecule has 1 saturated heterocycles. The Morgan fingerprint density at radius 2 is 2.33 bits per heavy atom. The number of hydrogen-bond donors (Lipinski definition) is 2. The van der Waals surface area contributed by atoms with Crippen molar-refractivity contribution < 1.29 is 14.3 Å². The number of aromatic nitrogens is 2. The lowest BCUT2D eigenvalue weighted by atomic mass is 10.1. The van der Waals surface area contributed by atoms with Crippen LogP contribution in [0.5, 0.6) is 5.75 Å². The van der Waals surface area contributed by atoms with Gasteiger partial charge in [0, 0.05) is 24.4 Å². The van der Waals surface area contributed by atoms with Crippen LogP contribution < -0.4 is 10.1 Å². The summed E-state index contributed by atoms with van der Waals surface area (Å²) >= 11 is 0. The highest BCUT2D eigenvalue weighted by atomic mass is 16.5. The van der Waals surface area contributed by atoms with Gasteiger partial charge in [0.1, 0.15) is 12.4 Å². The number of nitrogens with zero attached hydrogens (tertiary/aromatic N) is 1. The van der Waals surface area contributed by atoms with Crippen LogP contribution in [0.15, 0.2) is 24.4 Å². The van der Waals surface area contributed by atoms with Gasteiger partial charge in [-0.15, -0.1) is 0 Å². The average Bonchev–Trinajstić information content (AvgIpc) is 3.23. The molecule has 1 unspecified atom stereocenters. The van der Waals surface area contributed by atoms with Crippen LogP contribution in [0.3, 0.4) is 0 Å². The molecule has 6 heteroatoms. The van der Waals surface area contributed by atoms with Gasteiger partial charge in [-0.2, -0.15) is 5.10 Å². The summed E-state index contributed by atoms with van der Waals surface area (Å²) in [6.07, 6.45) is 3.84. The minimum absolute atomic E-state index is 0.146. The van der Waals surface area contributed by atoms with Crippen molar-refractivity contribution in [2.75, 3.05) is 13.2 Å². The molecule has 1 amide bonds. The second-order valence-corrected chi connectivity index (χ2v) is 6.15. The Hall–Kier alpha value is -2.34. The number of H-pyrrole nitrogens is 1. The zero-order valence-corrected chi connectivity index (χ0v) is 14.1. The molecule has 1 aromatic heterocycles. The van der Waals surface area contributed by atoms with Crippen molar-refractivity contribution in [2.45, 2.75) is 39.3 Å². The maximum absolute atomic E-state index is 12.2. The molecule has 3 rings (SSSR count). The maximum Gasteiger partial charge on any atom is 0.255 e. The number of hydrogen-bond acceptors (Lipinski definition) is 4. The van der Waals surface area contributed by atoms with Gasteiger partial charge in [-0.25, -0.2) is 0 Å². The fourth-order valence-electron chi connectivity index (χ4n) is 2.75. The van der Waals surface area contributed by atoms with E-state index in [9.17, 15) is 4.79 Å². The van der Waals surface area contributed by atoms with Crippen molar-refractivity contribution >= 4 is 5.91 Å². The van der Waals surface area contributed by atoms with E-state index in [1.165, 1.54) is 6.20 Å². The normalized spacial score (nSPS) is 17.0. The van der Waals surface area contributed by atoms with E-state index in [0.29, 0.717) is 18.7 Å². The van der Waals surface area contributed by atoms with Crippen LogP contribution in [0, 0.1) is 13.8 Å². The predicted octanol–water partition coefficient (Wildman–Crippen LogP) is 2.51. The number of nitrogens with one attached hydrogen (secondary N) is 2. The quantitative estimate of drug-likeness (QED) is 0.854. The average molecular weight is 329 g/mol. The van der Waals surface area contributed by atoms with Crippen LogP contribution in [-0.4, -0.2) is 35.4 Å². The van der Waals surface area contributed by atoms with Gasteiger partial charge >= 0.3 is 0 Å². The highest BCUT2D eigenvalue weighted by molar-refractivity contribution is 5.94. The van der Waals surface area contributed by atoms with E-state index in [-0.39, 0.29) is 12.0 Å². The summed E-state index contributed by atoms with van der Waals surface area (Å²) in [5, 5.41) is 9.56. The van der Waals surface area contributed by atoms with Crippen molar-refractivity contribution in [3.63, 3.8) is 0 Å². The zero-order chi connectivity index (χ0) is 16.9. The Morgan fingerprint density at radius 1 is 1.46 bits per heavy atom. The number of amides is 1. The minimum atomic E-state index is -0.146. The molecule has 1 aliphatic heterocycles. The summed E-state index contributed by atoms with van der Waals surface area (Å²) in [6.45, 7) is 5.62. The molecule has 24 heavy (non-hydrogen) atoms. The third-order valence-electron chi connectivity index (χ3n) is 4.19. The second kappa shape index (κ2) is 7.49. The molecular formula is C18H23N3O3. The predicted molar refractivity (Wildman–Crippen MR) is 90.1 cm³/mol. The summed E-state index contributed by atoms with van der Waals surface area (Å²) in [5.74, 6) is 0.654. The maximum atomic E-state index is 12.2. The van der Waals surface area contributed by atoms with Crippen LogP contribution in [-0.2, 0) is 11.3 Å². The lowest BCUT2D eigenvalue weighted by Gasteiger charge is -2.16. The molecule has 1 atom stereocenters. The van der Waals surface area contributed by atoms with E-state index in [0.717, 1.165) is 42.0 Å². The largest absolute Gasteiger partial charge is 0.491 e. The SMILES string of the molecule is Cc1ccc(CNC(=O)c2cn[nH]c2C)c(OCC2CCCO2)c1. The van der Waals surface area contributed by atoms with Crippen molar-refractivity contribution in [3.8, 4) is 5.75 Å². The number of aryl methyl sites for hydroxylation is 2. The molecule has 2 aromatic rings. The Morgan fingerprint density at radius 3 is 3.04 bits per heavy atom. The summed E-state index contributed by atoms with van der Waals surface area (Å²) in [6, 6.07) is 6.01. The number of ether oxygens (including phenoxy) is 2. The van der Waals surface area contributed by atoms with Crippen molar-refractivity contribution in [2.24, 2.45) is 0 Å². The molecular weight excluding hydrogens is 306 g/mol. The summed E-state index contributed by atoms with van der Waals surface area (Å²) in [5.41, 5.74) is 3.39. The first-order valence-electron chi connectivity index (χ1n) is 8.25. The Balaban J connectivity index is 1.63. The lowest BCUT2D eigenvalue weighted by Crippen LogP contribution is -2.24. The number of carbonyl (C=O) groups excluding carboxylic acids is 1. The van der Waals surface area contributed by atoms with Gasteiger partial charge in [0.05, 0.1) is 17.9 Å². The lowest BCUT2D eigenvalue weighted by molar-refractivity contribution is 0.0675. The highest BCUT2D eigenvalue weighted by Gasteiger charge is 2.17. The van der Waals surface area contributed by atoms with E-state index in [2.05, 4.69) is 15.5 Å². The molecule has 0 aliphatic carbocycles. The van der Waals surface area contributed by atoms with Gasteiger partial charge in [-0.3, -0.25) is 9.89 Å². The number of aromatic amines is 1. The molecule has 2 N–H and O–H groups in total. The van der Waals surface area contributed by atoms with E-state index < -0.39 is 0 Å². The topological polar surface area (TPSA) is 76.2 Å². The highest BCUT2D eigenvalue weighted by Crippen LogP contribution is 2.22. The van der Waals surface area contributed by atoms with E-state index >= 15 is 0 Å². The third kappa shape index (κ3) is 3.94. The molecule has 1 aliphatic rings. The van der Waals surface area contributed by atoms with Crippen molar-refractivity contribution in [1.82, 2.24) is 15.5 Å². The van der Waals surface area contributed by atoms with Gasteiger partial charge < -0.3 is 14.8 Å². The fraction of sp³-hybridized carbons (Fsp3) is 0.444. The van der Waals surface area contributed by atoms with Crippen LogP contribution in [0.2, 0.25) is 0 Å².